The normalized spacial score (nSPS) is 18.0. The lowest BCUT2D eigenvalue weighted by atomic mass is 10.0. The zero-order valence-corrected chi connectivity index (χ0v) is 13.4. The van der Waals surface area contributed by atoms with Crippen LogP contribution in [0.3, 0.4) is 0 Å². The fourth-order valence-corrected chi connectivity index (χ4v) is 2.89. The van der Waals surface area contributed by atoms with E-state index >= 15 is 0 Å². The number of benzene rings is 1. The summed E-state index contributed by atoms with van der Waals surface area (Å²) in [7, 11) is 1.64. The Balaban J connectivity index is 1.98. The molecule has 1 aromatic carbocycles. The quantitative estimate of drug-likeness (QED) is 0.898. The molecule has 0 spiro atoms. The highest BCUT2D eigenvalue weighted by Crippen LogP contribution is 2.27. The average molecular weight is 325 g/mol. The van der Waals surface area contributed by atoms with E-state index in [9.17, 15) is 14.4 Å². The van der Waals surface area contributed by atoms with Gasteiger partial charge >= 0.3 is 0 Å². The highest BCUT2D eigenvalue weighted by Gasteiger charge is 2.30. The summed E-state index contributed by atoms with van der Waals surface area (Å²) in [5, 5.41) is 2.80. The Labute approximate surface area is 139 Å². The summed E-state index contributed by atoms with van der Waals surface area (Å²) in [5.41, 5.74) is 1.02. The van der Waals surface area contributed by atoms with E-state index < -0.39 is 0 Å². The summed E-state index contributed by atoms with van der Waals surface area (Å²) in [6.45, 7) is 0.804. The van der Waals surface area contributed by atoms with Crippen molar-refractivity contribution in [3.8, 4) is 0 Å². The van der Waals surface area contributed by atoms with Crippen molar-refractivity contribution in [3.05, 3.63) is 70.1 Å². The molecule has 1 aromatic heterocycles. The summed E-state index contributed by atoms with van der Waals surface area (Å²) in [5.74, 6) is -0.318. The van der Waals surface area contributed by atoms with E-state index in [1.807, 2.05) is 30.3 Å². The van der Waals surface area contributed by atoms with E-state index in [1.165, 1.54) is 10.6 Å². The molecule has 1 saturated heterocycles. The number of aryl methyl sites for hydroxylation is 1. The minimum absolute atomic E-state index is 0.0804. The predicted molar refractivity (Wildman–Crippen MR) is 89.5 cm³/mol. The Hall–Kier alpha value is -2.89. The Morgan fingerprint density at radius 2 is 1.92 bits per heavy atom. The number of nitrogens with one attached hydrogen (secondary N) is 1. The Bertz CT molecular complexity index is 814. The molecule has 0 radical (unpaired) electrons. The Morgan fingerprint density at radius 1 is 1.17 bits per heavy atom. The predicted octanol–water partition coefficient (Wildman–Crippen LogP) is 1.09. The molecule has 0 aliphatic carbocycles. The maximum atomic E-state index is 12.9. The molecule has 1 aliphatic heterocycles. The fourth-order valence-electron chi connectivity index (χ4n) is 2.89. The standard InChI is InChI=1S/C18H19N3O3/c1-20-9-7-14(11-17(20)23)18(24)21-10-8-19-16(22)12-15(21)13-5-3-2-4-6-13/h2-7,9,11,15H,8,10,12H2,1H3,(H,19,22). The second kappa shape index (κ2) is 6.70. The first-order valence-electron chi connectivity index (χ1n) is 7.85. The largest absolute Gasteiger partial charge is 0.354 e. The number of carbonyl (C=O) groups is 2. The van der Waals surface area contributed by atoms with Gasteiger partial charge in [0.05, 0.1) is 12.5 Å². The van der Waals surface area contributed by atoms with Crippen molar-refractivity contribution in [1.29, 1.82) is 0 Å². The molecule has 3 rings (SSSR count). The topological polar surface area (TPSA) is 71.4 Å². The lowest BCUT2D eigenvalue weighted by molar-refractivity contribution is -0.121. The van der Waals surface area contributed by atoms with Crippen LogP contribution in [-0.4, -0.2) is 34.4 Å². The number of aromatic nitrogens is 1. The molecule has 2 aromatic rings. The van der Waals surface area contributed by atoms with E-state index in [-0.39, 0.29) is 29.8 Å². The number of hydrogen-bond donors (Lipinski definition) is 1. The van der Waals surface area contributed by atoms with Crippen molar-refractivity contribution in [2.45, 2.75) is 12.5 Å². The molecule has 24 heavy (non-hydrogen) atoms. The molecule has 2 heterocycles. The zero-order chi connectivity index (χ0) is 17.1. The molecule has 1 fully saturated rings. The monoisotopic (exact) mass is 325 g/mol. The summed E-state index contributed by atoms with van der Waals surface area (Å²) in [6, 6.07) is 12.1. The van der Waals surface area contributed by atoms with E-state index in [0.717, 1.165) is 5.56 Å². The summed E-state index contributed by atoms with van der Waals surface area (Å²) in [6.07, 6.45) is 1.79. The van der Waals surface area contributed by atoms with Gasteiger partial charge in [-0.3, -0.25) is 14.4 Å². The van der Waals surface area contributed by atoms with Gasteiger partial charge in [-0.2, -0.15) is 0 Å². The molecule has 2 amide bonds. The summed E-state index contributed by atoms with van der Waals surface area (Å²) < 4.78 is 1.42. The summed E-state index contributed by atoms with van der Waals surface area (Å²) >= 11 is 0. The van der Waals surface area contributed by atoms with Gasteiger partial charge in [-0.05, 0) is 11.6 Å². The van der Waals surface area contributed by atoms with Gasteiger partial charge in [0.15, 0.2) is 0 Å². The second-order valence-electron chi connectivity index (χ2n) is 5.84. The van der Waals surface area contributed by atoms with Gasteiger partial charge in [0.2, 0.25) is 5.91 Å². The molecular weight excluding hydrogens is 306 g/mol. The van der Waals surface area contributed by atoms with Crippen LogP contribution in [0.1, 0.15) is 28.4 Å². The maximum absolute atomic E-state index is 12.9. The highest BCUT2D eigenvalue weighted by molar-refractivity contribution is 5.95. The molecule has 124 valence electrons. The van der Waals surface area contributed by atoms with Crippen molar-refractivity contribution in [2.75, 3.05) is 13.1 Å². The van der Waals surface area contributed by atoms with E-state index in [2.05, 4.69) is 5.32 Å². The van der Waals surface area contributed by atoms with E-state index in [1.54, 1.807) is 24.2 Å². The first-order chi connectivity index (χ1) is 11.6. The minimum Gasteiger partial charge on any atom is -0.354 e. The van der Waals surface area contributed by atoms with Crippen molar-refractivity contribution in [2.24, 2.45) is 7.05 Å². The van der Waals surface area contributed by atoms with Crippen LogP contribution in [0.2, 0.25) is 0 Å². The lowest BCUT2D eigenvalue weighted by Gasteiger charge is -2.29. The molecule has 1 aliphatic rings. The molecule has 0 saturated carbocycles. The fraction of sp³-hybridized carbons (Fsp3) is 0.278. The third-order valence-corrected chi connectivity index (χ3v) is 4.23. The van der Waals surface area contributed by atoms with Crippen molar-refractivity contribution in [1.82, 2.24) is 14.8 Å². The smallest absolute Gasteiger partial charge is 0.254 e. The highest BCUT2D eigenvalue weighted by atomic mass is 16.2. The molecule has 6 heteroatoms. The molecule has 0 bridgehead atoms. The van der Waals surface area contributed by atoms with Crippen LogP contribution >= 0.6 is 0 Å². The summed E-state index contributed by atoms with van der Waals surface area (Å²) in [4.78, 5) is 38.4. The van der Waals surface area contributed by atoms with Gasteiger partial charge in [-0.25, -0.2) is 0 Å². The van der Waals surface area contributed by atoms with E-state index in [4.69, 9.17) is 0 Å². The van der Waals surface area contributed by atoms with Crippen LogP contribution in [0, 0.1) is 0 Å². The van der Waals surface area contributed by atoms with Gasteiger partial charge in [0.25, 0.3) is 11.5 Å². The van der Waals surface area contributed by atoms with Gasteiger partial charge < -0.3 is 14.8 Å². The second-order valence-corrected chi connectivity index (χ2v) is 5.84. The lowest BCUT2D eigenvalue weighted by Crippen LogP contribution is -2.37. The number of pyridine rings is 1. The average Bonchev–Trinajstić information content (AvgIpc) is 2.79. The maximum Gasteiger partial charge on any atom is 0.254 e. The van der Waals surface area contributed by atoms with Crippen LogP contribution in [-0.2, 0) is 11.8 Å². The number of carbonyl (C=O) groups excluding carboxylic acids is 2. The molecular formula is C18H19N3O3. The molecule has 1 atom stereocenters. The third-order valence-electron chi connectivity index (χ3n) is 4.23. The van der Waals surface area contributed by atoms with Crippen LogP contribution < -0.4 is 10.9 Å². The van der Waals surface area contributed by atoms with Gasteiger partial charge in [0, 0.05) is 38.0 Å². The van der Waals surface area contributed by atoms with E-state index in [0.29, 0.717) is 18.7 Å². The van der Waals surface area contributed by atoms with Crippen molar-refractivity contribution in [3.63, 3.8) is 0 Å². The van der Waals surface area contributed by atoms with Gasteiger partial charge in [0.1, 0.15) is 0 Å². The SMILES string of the molecule is Cn1ccc(C(=O)N2CCNC(=O)CC2c2ccccc2)cc1=O. The molecule has 6 nitrogen and oxygen atoms in total. The zero-order valence-electron chi connectivity index (χ0n) is 13.4. The van der Waals surface area contributed by atoms with Crippen molar-refractivity contribution >= 4 is 11.8 Å². The van der Waals surface area contributed by atoms with Crippen molar-refractivity contribution < 1.29 is 9.59 Å². The first-order valence-corrected chi connectivity index (χ1v) is 7.85. The van der Waals surface area contributed by atoms with Crippen LogP contribution in [0.5, 0.6) is 0 Å². The number of amides is 2. The van der Waals surface area contributed by atoms with Gasteiger partial charge in [-0.1, -0.05) is 30.3 Å². The third kappa shape index (κ3) is 3.22. The van der Waals surface area contributed by atoms with Gasteiger partial charge in [-0.15, -0.1) is 0 Å². The van der Waals surface area contributed by atoms with Crippen LogP contribution in [0.25, 0.3) is 0 Å². The first kappa shape index (κ1) is 16.0. The number of hydrogen-bond acceptors (Lipinski definition) is 3. The Kier molecular flexibility index (Phi) is 4.46. The van der Waals surface area contributed by atoms with Crippen LogP contribution in [0.4, 0.5) is 0 Å². The Morgan fingerprint density at radius 3 is 2.62 bits per heavy atom. The minimum atomic E-state index is -0.342. The molecule has 1 unspecified atom stereocenters. The molecule has 1 N–H and O–H groups in total. The number of nitrogens with zero attached hydrogens (tertiary/aromatic N) is 2. The van der Waals surface area contributed by atoms with Crippen LogP contribution in [0.15, 0.2) is 53.5 Å². The number of rotatable bonds is 2.